The third-order valence-electron chi connectivity index (χ3n) is 6.72. The fourth-order valence-electron chi connectivity index (χ4n) is 4.87. The van der Waals surface area contributed by atoms with Crippen molar-refractivity contribution in [3.05, 3.63) is 71.3 Å². The molecule has 3 aromatic heterocycles. The highest BCUT2D eigenvalue weighted by Gasteiger charge is 2.29. The molecule has 0 radical (unpaired) electrons. The average Bonchev–Trinajstić information content (AvgIpc) is 3.61. The summed E-state index contributed by atoms with van der Waals surface area (Å²) in [6.45, 7) is 7.76. The summed E-state index contributed by atoms with van der Waals surface area (Å²) in [5.41, 5.74) is 6.46. The maximum Gasteiger partial charge on any atom is 0.253 e. The van der Waals surface area contributed by atoms with Crippen molar-refractivity contribution in [3.63, 3.8) is 0 Å². The first-order valence-electron chi connectivity index (χ1n) is 12.2. The number of hydrogen-bond acceptors (Lipinski definition) is 7. The molecule has 9 nitrogen and oxygen atoms in total. The highest BCUT2D eigenvalue weighted by atomic mass is 16.5. The fraction of sp³-hybridized carbons (Fsp3) is 0.385. The van der Waals surface area contributed by atoms with Gasteiger partial charge in [-0.3, -0.25) is 9.58 Å². The van der Waals surface area contributed by atoms with Gasteiger partial charge in [-0.2, -0.15) is 15.2 Å². The van der Waals surface area contributed by atoms with Crippen LogP contribution in [-0.4, -0.2) is 67.3 Å². The minimum absolute atomic E-state index is 0.636. The number of benzene rings is 1. The van der Waals surface area contributed by atoms with Gasteiger partial charge < -0.3 is 9.64 Å². The molecule has 2 aliphatic heterocycles. The standard InChI is InChI=1S/C26H30N8O/c1-19-16-23(20-6-4-3-5-7-20)30-34(19)26-27-24-18-32(11-9-21-8-10-31(2)29-21)17-22(24)25(28-26)33-12-14-35-15-13-33/h3-8,10,16H,9,11-15,17-18H2,1-2H3. The van der Waals surface area contributed by atoms with Crippen LogP contribution in [0, 0.1) is 6.92 Å². The summed E-state index contributed by atoms with van der Waals surface area (Å²) in [6.07, 6.45) is 2.92. The van der Waals surface area contributed by atoms with Gasteiger partial charge in [0.2, 0.25) is 0 Å². The van der Waals surface area contributed by atoms with Gasteiger partial charge in [-0.15, -0.1) is 0 Å². The molecule has 4 aromatic rings. The second kappa shape index (κ2) is 9.24. The van der Waals surface area contributed by atoms with E-state index in [9.17, 15) is 0 Å². The van der Waals surface area contributed by atoms with Crippen molar-refractivity contribution < 1.29 is 4.74 Å². The Hall–Kier alpha value is -3.56. The van der Waals surface area contributed by atoms with Crippen LogP contribution >= 0.6 is 0 Å². The van der Waals surface area contributed by atoms with Crippen LogP contribution < -0.4 is 4.90 Å². The number of fused-ring (bicyclic) bond motifs is 1. The number of hydrogen-bond donors (Lipinski definition) is 0. The van der Waals surface area contributed by atoms with Gasteiger partial charge in [0.25, 0.3) is 5.95 Å². The molecular formula is C26H30N8O. The zero-order valence-corrected chi connectivity index (χ0v) is 20.3. The van der Waals surface area contributed by atoms with E-state index >= 15 is 0 Å². The number of anilines is 1. The van der Waals surface area contributed by atoms with E-state index in [-0.39, 0.29) is 0 Å². The lowest BCUT2D eigenvalue weighted by Gasteiger charge is -2.29. The van der Waals surface area contributed by atoms with Crippen LogP contribution in [0.15, 0.2) is 48.7 Å². The minimum atomic E-state index is 0.636. The van der Waals surface area contributed by atoms with Crippen molar-refractivity contribution in [1.82, 2.24) is 34.4 Å². The maximum atomic E-state index is 5.62. The fourth-order valence-corrected chi connectivity index (χ4v) is 4.87. The van der Waals surface area contributed by atoms with E-state index in [4.69, 9.17) is 19.8 Å². The lowest BCUT2D eigenvalue weighted by Crippen LogP contribution is -2.37. The first-order valence-corrected chi connectivity index (χ1v) is 12.2. The topological polar surface area (TPSA) is 77.1 Å². The molecule has 0 saturated carbocycles. The van der Waals surface area contributed by atoms with E-state index in [2.05, 4.69) is 46.1 Å². The Labute approximate surface area is 205 Å². The Morgan fingerprint density at radius 3 is 2.57 bits per heavy atom. The van der Waals surface area contributed by atoms with Gasteiger partial charge in [-0.1, -0.05) is 30.3 Å². The van der Waals surface area contributed by atoms with Gasteiger partial charge in [0, 0.05) is 69.2 Å². The van der Waals surface area contributed by atoms with E-state index in [0.717, 1.165) is 86.5 Å². The number of aromatic nitrogens is 6. The van der Waals surface area contributed by atoms with Gasteiger partial charge in [0.1, 0.15) is 5.82 Å². The molecule has 0 spiro atoms. The second-order valence-electron chi connectivity index (χ2n) is 9.26. The van der Waals surface area contributed by atoms with Crippen LogP contribution in [-0.2, 0) is 31.3 Å². The molecule has 9 heteroatoms. The lowest BCUT2D eigenvalue weighted by atomic mass is 10.1. The minimum Gasteiger partial charge on any atom is -0.378 e. The van der Waals surface area contributed by atoms with Crippen molar-refractivity contribution in [2.24, 2.45) is 7.05 Å². The summed E-state index contributed by atoms with van der Waals surface area (Å²) in [7, 11) is 1.96. The van der Waals surface area contributed by atoms with Gasteiger partial charge >= 0.3 is 0 Å². The number of ether oxygens (including phenoxy) is 1. The van der Waals surface area contributed by atoms with Gasteiger partial charge in [0.15, 0.2) is 0 Å². The number of morpholine rings is 1. The molecule has 0 amide bonds. The Kier molecular flexibility index (Phi) is 5.79. The number of nitrogens with zero attached hydrogens (tertiary/aromatic N) is 8. The maximum absolute atomic E-state index is 5.62. The van der Waals surface area contributed by atoms with Crippen LogP contribution in [0.5, 0.6) is 0 Å². The van der Waals surface area contributed by atoms with Crippen LogP contribution in [0.2, 0.25) is 0 Å². The molecule has 2 aliphatic rings. The van der Waals surface area contributed by atoms with Crippen LogP contribution in [0.4, 0.5) is 5.82 Å². The molecule has 0 aliphatic carbocycles. The first kappa shape index (κ1) is 21.9. The summed E-state index contributed by atoms with van der Waals surface area (Å²) in [5, 5.41) is 9.41. The largest absolute Gasteiger partial charge is 0.378 e. The Bertz CT molecular complexity index is 1320. The van der Waals surface area contributed by atoms with Gasteiger partial charge in [-0.25, -0.2) is 9.67 Å². The van der Waals surface area contributed by atoms with Gasteiger partial charge in [0.05, 0.1) is 30.3 Å². The third-order valence-corrected chi connectivity index (χ3v) is 6.72. The zero-order chi connectivity index (χ0) is 23.8. The van der Waals surface area contributed by atoms with Crippen molar-refractivity contribution in [2.45, 2.75) is 26.4 Å². The summed E-state index contributed by atoms with van der Waals surface area (Å²) >= 11 is 0. The van der Waals surface area contributed by atoms with E-state index in [0.29, 0.717) is 5.95 Å². The predicted octanol–water partition coefficient (Wildman–Crippen LogP) is 2.77. The normalized spacial score (nSPS) is 16.1. The molecule has 1 aromatic carbocycles. The van der Waals surface area contributed by atoms with E-state index in [1.165, 1.54) is 5.56 Å². The molecule has 0 N–H and O–H groups in total. The molecule has 1 fully saturated rings. The van der Waals surface area contributed by atoms with E-state index in [1.807, 2.05) is 40.8 Å². The van der Waals surface area contributed by atoms with E-state index in [1.54, 1.807) is 0 Å². The number of aryl methyl sites for hydroxylation is 2. The highest BCUT2D eigenvalue weighted by Crippen LogP contribution is 2.31. The van der Waals surface area contributed by atoms with Crippen LogP contribution in [0.1, 0.15) is 22.6 Å². The molecule has 35 heavy (non-hydrogen) atoms. The highest BCUT2D eigenvalue weighted by molar-refractivity contribution is 5.60. The zero-order valence-electron chi connectivity index (χ0n) is 20.3. The molecule has 180 valence electrons. The number of rotatable bonds is 6. The monoisotopic (exact) mass is 470 g/mol. The summed E-state index contributed by atoms with van der Waals surface area (Å²) < 4.78 is 9.35. The lowest BCUT2D eigenvalue weighted by molar-refractivity contribution is 0.122. The molecule has 0 bridgehead atoms. The van der Waals surface area contributed by atoms with E-state index < -0.39 is 0 Å². The molecule has 0 unspecified atom stereocenters. The third kappa shape index (κ3) is 4.44. The second-order valence-corrected chi connectivity index (χ2v) is 9.26. The average molecular weight is 471 g/mol. The molecule has 5 heterocycles. The van der Waals surface area contributed by atoms with Crippen molar-refractivity contribution in [3.8, 4) is 17.2 Å². The SMILES string of the molecule is Cc1cc(-c2ccccc2)nn1-c1nc2c(c(N3CCOCC3)n1)CN(CCc1ccn(C)n1)C2. The van der Waals surface area contributed by atoms with Crippen molar-refractivity contribution in [1.29, 1.82) is 0 Å². The Morgan fingerprint density at radius 2 is 1.80 bits per heavy atom. The smallest absolute Gasteiger partial charge is 0.253 e. The predicted molar refractivity (Wildman–Crippen MR) is 133 cm³/mol. The molecule has 0 atom stereocenters. The summed E-state index contributed by atoms with van der Waals surface area (Å²) in [5.74, 6) is 1.65. The molecular weight excluding hydrogens is 440 g/mol. The summed E-state index contributed by atoms with van der Waals surface area (Å²) in [4.78, 5) is 14.9. The van der Waals surface area contributed by atoms with Gasteiger partial charge in [-0.05, 0) is 19.1 Å². The Balaban J connectivity index is 1.32. The van der Waals surface area contributed by atoms with Crippen molar-refractivity contribution >= 4 is 5.82 Å². The quantitative estimate of drug-likeness (QED) is 0.429. The molecule has 6 rings (SSSR count). The van der Waals surface area contributed by atoms with Crippen LogP contribution in [0.3, 0.4) is 0 Å². The Morgan fingerprint density at radius 1 is 0.971 bits per heavy atom. The molecule has 1 saturated heterocycles. The van der Waals surface area contributed by atoms with Crippen molar-refractivity contribution in [2.75, 3.05) is 37.7 Å². The first-order chi connectivity index (χ1) is 17.1. The summed E-state index contributed by atoms with van der Waals surface area (Å²) in [6, 6.07) is 14.4. The van der Waals surface area contributed by atoms with Crippen LogP contribution in [0.25, 0.3) is 17.2 Å².